The number of aromatic nitrogens is 2. The summed E-state index contributed by atoms with van der Waals surface area (Å²) in [5.74, 6) is 0. The normalized spacial score (nSPS) is 14.8. The Labute approximate surface area is 108 Å². The van der Waals surface area contributed by atoms with E-state index in [0.717, 1.165) is 25.2 Å². The summed E-state index contributed by atoms with van der Waals surface area (Å²) in [6.07, 6.45) is 1.08. The lowest BCUT2D eigenvalue weighted by molar-refractivity contribution is 0.494. The van der Waals surface area contributed by atoms with Gasteiger partial charge in [-0.25, -0.2) is 0 Å². The molecule has 0 saturated heterocycles. The second-order valence-electron chi connectivity index (χ2n) is 5.10. The first-order valence-corrected chi connectivity index (χ1v) is 6.64. The highest BCUT2D eigenvalue weighted by molar-refractivity contribution is 5.64. The number of nitrogens with one attached hydrogen (secondary N) is 1. The van der Waals surface area contributed by atoms with Gasteiger partial charge in [-0.15, -0.1) is 0 Å². The number of benzene rings is 1. The van der Waals surface area contributed by atoms with Crippen LogP contribution in [0.15, 0.2) is 30.3 Å². The molecular formula is C15H19N3. The minimum Gasteiger partial charge on any atom is -0.312 e. The fraction of sp³-hybridized carbons (Fsp3) is 0.400. The Hall–Kier alpha value is -1.61. The molecule has 94 valence electrons. The van der Waals surface area contributed by atoms with Gasteiger partial charge in [0.05, 0.1) is 5.69 Å². The van der Waals surface area contributed by atoms with Gasteiger partial charge < -0.3 is 5.32 Å². The van der Waals surface area contributed by atoms with E-state index in [9.17, 15) is 0 Å². The molecule has 1 aliphatic rings. The van der Waals surface area contributed by atoms with Crippen molar-refractivity contribution in [3.8, 4) is 11.3 Å². The summed E-state index contributed by atoms with van der Waals surface area (Å²) in [6, 6.07) is 10.9. The molecule has 0 radical (unpaired) electrons. The zero-order valence-electron chi connectivity index (χ0n) is 11.0. The third-order valence-electron chi connectivity index (χ3n) is 3.50. The first-order chi connectivity index (χ1) is 8.77. The highest BCUT2D eigenvalue weighted by Crippen LogP contribution is 2.29. The SMILES string of the molecule is CC(C)n1nc(-c2ccccc2)c2c1CCNC2. The van der Waals surface area contributed by atoms with Gasteiger partial charge in [0, 0.05) is 42.4 Å². The number of hydrogen-bond donors (Lipinski definition) is 1. The predicted molar refractivity (Wildman–Crippen MR) is 73.5 cm³/mol. The second-order valence-corrected chi connectivity index (χ2v) is 5.10. The van der Waals surface area contributed by atoms with Crippen LogP contribution in [-0.4, -0.2) is 16.3 Å². The van der Waals surface area contributed by atoms with Gasteiger partial charge in [-0.2, -0.15) is 5.10 Å². The van der Waals surface area contributed by atoms with E-state index in [4.69, 9.17) is 5.10 Å². The van der Waals surface area contributed by atoms with Gasteiger partial charge in [0.2, 0.25) is 0 Å². The first kappa shape index (κ1) is 11.5. The lowest BCUT2D eigenvalue weighted by atomic mass is 10.0. The number of rotatable bonds is 2. The molecule has 1 aromatic heterocycles. The zero-order valence-corrected chi connectivity index (χ0v) is 11.0. The van der Waals surface area contributed by atoms with E-state index in [1.807, 2.05) is 6.07 Å². The Kier molecular flexibility index (Phi) is 2.92. The molecule has 18 heavy (non-hydrogen) atoms. The molecule has 1 aromatic carbocycles. The average molecular weight is 241 g/mol. The van der Waals surface area contributed by atoms with E-state index in [1.165, 1.54) is 16.8 Å². The summed E-state index contributed by atoms with van der Waals surface area (Å²) in [6.45, 7) is 6.39. The summed E-state index contributed by atoms with van der Waals surface area (Å²) in [5.41, 5.74) is 5.15. The van der Waals surface area contributed by atoms with Crippen molar-refractivity contribution in [2.24, 2.45) is 0 Å². The lowest BCUT2D eigenvalue weighted by Crippen LogP contribution is -2.25. The van der Waals surface area contributed by atoms with Crippen LogP contribution in [0.3, 0.4) is 0 Å². The molecule has 0 fully saturated rings. The van der Waals surface area contributed by atoms with Gasteiger partial charge >= 0.3 is 0 Å². The van der Waals surface area contributed by atoms with Crippen molar-refractivity contribution in [1.82, 2.24) is 15.1 Å². The van der Waals surface area contributed by atoms with Crippen molar-refractivity contribution in [1.29, 1.82) is 0 Å². The van der Waals surface area contributed by atoms with Crippen molar-refractivity contribution in [3.63, 3.8) is 0 Å². The Morgan fingerprint density at radius 1 is 1.22 bits per heavy atom. The van der Waals surface area contributed by atoms with E-state index >= 15 is 0 Å². The predicted octanol–water partition coefficient (Wildman–Crippen LogP) is 2.78. The van der Waals surface area contributed by atoms with Crippen LogP contribution in [-0.2, 0) is 13.0 Å². The number of hydrogen-bond acceptors (Lipinski definition) is 2. The average Bonchev–Trinajstić information content (AvgIpc) is 2.79. The molecule has 0 bridgehead atoms. The summed E-state index contributed by atoms with van der Waals surface area (Å²) >= 11 is 0. The highest BCUT2D eigenvalue weighted by Gasteiger charge is 2.22. The maximum absolute atomic E-state index is 4.84. The Morgan fingerprint density at radius 2 is 2.00 bits per heavy atom. The molecule has 0 spiro atoms. The van der Waals surface area contributed by atoms with E-state index in [1.54, 1.807) is 0 Å². The molecule has 2 heterocycles. The van der Waals surface area contributed by atoms with Gasteiger partial charge in [0.25, 0.3) is 0 Å². The Bertz CT molecular complexity index is 540. The van der Waals surface area contributed by atoms with E-state index in [-0.39, 0.29) is 0 Å². The van der Waals surface area contributed by atoms with Crippen LogP contribution >= 0.6 is 0 Å². The van der Waals surface area contributed by atoms with Crippen LogP contribution < -0.4 is 5.32 Å². The van der Waals surface area contributed by atoms with Crippen LogP contribution in [0.1, 0.15) is 31.1 Å². The standard InChI is InChI=1S/C15H19N3/c1-11(2)18-14-8-9-16-10-13(14)15(17-18)12-6-4-3-5-7-12/h3-7,11,16H,8-10H2,1-2H3. The Morgan fingerprint density at radius 3 is 2.72 bits per heavy atom. The van der Waals surface area contributed by atoms with E-state index < -0.39 is 0 Å². The quantitative estimate of drug-likeness (QED) is 0.876. The first-order valence-electron chi connectivity index (χ1n) is 6.64. The van der Waals surface area contributed by atoms with Crippen LogP contribution in [0, 0.1) is 0 Å². The summed E-state index contributed by atoms with van der Waals surface area (Å²) < 4.78 is 2.19. The smallest absolute Gasteiger partial charge is 0.0971 e. The van der Waals surface area contributed by atoms with Crippen LogP contribution in [0.4, 0.5) is 0 Å². The highest BCUT2D eigenvalue weighted by atomic mass is 15.3. The maximum Gasteiger partial charge on any atom is 0.0971 e. The topological polar surface area (TPSA) is 29.9 Å². The third kappa shape index (κ3) is 1.85. The van der Waals surface area contributed by atoms with Crippen molar-refractivity contribution < 1.29 is 0 Å². The van der Waals surface area contributed by atoms with Gasteiger partial charge in [-0.1, -0.05) is 30.3 Å². The largest absolute Gasteiger partial charge is 0.312 e. The molecular weight excluding hydrogens is 222 g/mol. The van der Waals surface area contributed by atoms with Crippen LogP contribution in [0.2, 0.25) is 0 Å². The number of fused-ring (bicyclic) bond motifs is 1. The molecule has 3 rings (SSSR count). The molecule has 0 saturated carbocycles. The summed E-state index contributed by atoms with van der Waals surface area (Å²) in [7, 11) is 0. The van der Waals surface area contributed by atoms with Gasteiger partial charge in [0.1, 0.15) is 0 Å². The zero-order chi connectivity index (χ0) is 12.5. The van der Waals surface area contributed by atoms with Crippen molar-refractivity contribution in [3.05, 3.63) is 41.6 Å². The molecule has 1 aliphatic heterocycles. The second kappa shape index (κ2) is 4.58. The molecule has 3 heteroatoms. The number of nitrogens with zero attached hydrogens (tertiary/aromatic N) is 2. The van der Waals surface area contributed by atoms with Crippen LogP contribution in [0.5, 0.6) is 0 Å². The molecule has 0 atom stereocenters. The molecule has 0 amide bonds. The minimum absolute atomic E-state index is 0.425. The van der Waals surface area contributed by atoms with E-state index in [0.29, 0.717) is 6.04 Å². The Balaban J connectivity index is 2.15. The molecule has 3 nitrogen and oxygen atoms in total. The van der Waals surface area contributed by atoms with E-state index in [2.05, 4.69) is 48.1 Å². The third-order valence-corrected chi connectivity index (χ3v) is 3.50. The molecule has 0 unspecified atom stereocenters. The molecule has 2 aromatic rings. The minimum atomic E-state index is 0.425. The molecule has 1 N–H and O–H groups in total. The fourth-order valence-electron chi connectivity index (χ4n) is 2.63. The monoisotopic (exact) mass is 241 g/mol. The van der Waals surface area contributed by atoms with Gasteiger partial charge in [-0.3, -0.25) is 4.68 Å². The van der Waals surface area contributed by atoms with Gasteiger partial charge in [0.15, 0.2) is 0 Å². The van der Waals surface area contributed by atoms with Crippen molar-refractivity contribution in [2.75, 3.05) is 6.54 Å². The summed E-state index contributed by atoms with van der Waals surface area (Å²) in [5, 5.41) is 8.29. The fourth-order valence-corrected chi connectivity index (χ4v) is 2.63. The lowest BCUT2D eigenvalue weighted by Gasteiger charge is -2.17. The van der Waals surface area contributed by atoms with Crippen LogP contribution in [0.25, 0.3) is 11.3 Å². The maximum atomic E-state index is 4.84. The van der Waals surface area contributed by atoms with Gasteiger partial charge in [-0.05, 0) is 13.8 Å². The van der Waals surface area contributed by atoms with Crippen molar-refractivity contribution >= 4 is 0 Å². The van der Waals surface area contributed by atoms with Crippen molar-refractivity contribution in [2.45, 2.75) is 32.9 Å². The summed E-state index contributed by atoms with van der Waals surface area (Å²) in [4.78, 5) is 0. The molecule has 0 aliphatic carbocycles.